The summed E-state index contributed by atoms with van der Waals surface area (Å²) in [7, 11) is 0. The van der Waals surface area contributed by atoms with Crippen molar-refractivity contribution in [2.45, 2.75) is 58.4 Å². The number of nitrogens with one attached hydrogen (secondary N) is 2. The number of likely N-dealkylation sites (tertiary alicyclic amines) is 1. The number of benzene rings is 1. The van der Waals surface area contributed by atoms with E-state index < -0.39 is 0 Å². The van der Waals surface area contributed by atoms with Gasteiger partial charge in [0.1, 0.15) is 0 Å². The van der Waals surface area contributed by atoms with Crippen LogP contribution in [0, 0.1) is 0 Å². The Bertz CT molecular complexity index is 484. The Balaban J connectivity index is 1.64. The minimum atomic E-state index is 0.561. The van der Waals surface area contributed by atoms with Gasteiger partial charge in [-0.05, 0) is 68.6 Å². The molecule has 0 unspecified atom stereocenters. The third-order valence-electron chi connectivity index (χ3n) is 4.68. The van der Waals surface area contributed by atoms with Crippen molar-refractivity contribution in [1.29, 1.82) is 0 Å². The molecule has 2 rings (SSSR count). The van der Waals surface area contributed by atoms with Gasteiger partial charge in [0.05, 0.1) is 0 Å². The molecule has 0 aromatic heterocycles. The lowest BCUT2D eigenvalue weighted by Crippen LogP contribution is -2.39. The van der Waals surface area contributed by atoms with Crippen molar-refractivity contribution >= 4 is 23.0 Å². The number of piperidine rings is 1. The van der Waals surface area contributed by atoms with E-state index in [2.05, 4.69) is 60.6 Å². The van der Waals surface area contributed by atoms with Crippen LogP contribution < -0.4 is 10.6 Å². The van der Waals surface area contributed by atoms with Crippen molar-refractivity contribution in [3.8, 4) is 0 Å². The van der Waals surface area contributed by atoms with Crippen molar-refractivity contribution in [3.63, 3.8) is 0 Å². The van der Waals surface area contributed by atoms with E-state index in [9.17, 15) is 0 Å². The van der Waals surface area contributed by atoms with E-state index in [-0.39, 0.29) is 0 Å². The number of hydrogen-bond acceptors (Lipinski definition) is 2. The van der Waals surface area contributed by atoms with Crippen LogP contribution in [0.5, 0.6) is 0 Å². The van der Waals surface area contributed by atoms with Gasteiger partial charge in [0.15, 0.2) is 5.11 Å². The Morgan fingerprint density at radius 1 is 1.26 bits per heavy atom. The van der Waals surface area contributed by atoms with Gasteiger partial charge in [0.2, 0.25) is 0 Å². The molecular weight excluding hydrogens is 302 g/mol. The fraction of sp³-hybridized carbons (Fsp3) is 0.632. The average molecular weight is 334 g/mol. The van der Waals surface area contributed by atoms with Crippen LogP contribution >= 0.6 is 12.2 Å². The lowest BCUT2D eigenvalue weighted by molar-refractivity contribution is 0.159. The first-order chi connectivity index (χ1) is 11.1. The molecule has 0 bridgehead atoms. The van der Waals surface area contributed by atoms with E-state index in [0.717, 1.165) is 24.7 Å². The van der Waals surface area contributed by atoms with Crippen LogP contribution in [0.1, 0.15) is 57.9 Å². The molecule has 23 heavy (non-hydrogen) atoms. The first-order valence-electron chi connectivity index (χ1n) is 8.95. The molecular formula is C19H31N3S. The minimum Gasteiger partial charge on any atom is -0.362 e. The third kappa shape index (κ3) is 6.11. The van der Waals surface area contributed by atoms with E-state index >= 15 is 0 Å². The van der Waals surface area contributed by atoms with Gasteiger partial charge in [0, 0.05) is 24.8 Å². The zero-order valence-electron chi connectivity index (χ0n) is 14.8. The zero-order valence-corrected chi connectivity index (χ0v) is 15.6. The maximum atomic E-state index is 5.38. The van der Waals surface area contributed by atoms with Crippen LogP contribution in [0.15, 0.2) is 24.3 Å². The number of thiocarbonyl (C=S) groups is 1. The zero-order chi connectivity index (χ0) is 16.7. The fourth-order valence-corrected chi connectivity index (χ4v) is 3.32. The van der Waals surface area contributed by atoms with Gasteiger partial charge in [-0.2, -0.15) is 0 Å². The summed E-state index contributed by atoms with van der Waals surface area (Å²) in [6.07, 6.45) is 5.22. The summed E-state index contributed by atoms with van der Waals surface area (Å²) in [6, 6.07) is 9.26. The summed E-state index contributed by atoms with van der Waals surface area (Å²) < 4.78 is 0. The SMILES string of the molecule is CC(C)c1ccc(NC(=S)NCCCN2CCCC[C@H]2C)cc1. The monoisotopic (exact) mass is 333 g/mol. The average Bonchev–Trinajstić information content (AvgIpc) is 2.53. The van der Waals surface area contributed by atoms with Crippen LogP contribution in [0.4, 0.5) is 5.69 Å². The summed E-state index contributed by atoms with van der Waals surface area (Å²) in [5, 5.41) is 7.30. The third-order valence-corrected chi connectivity index (χ3v) is 4.93. The predicted octanol–water partition coefficient (Wildman–Crippen LogP) is 4.36. The molecule has 1 aromatic carbocycles. The van der Waals surface area contributed by atoms with E-state index in [1.165, 1.54) is 37.9 Å². The van der Waals surface area contributed by atoms with Crippen LogP contribution in [0.3, 0.4) is 0 Å². The van der Waals surface area contributed by atoms with E-state index in [1.807, 2.05) is 0 Å². The van der Waals surface area contributed by atoms with Gasteiger partial charge < -0.3 is 15.5 Å². The van der Waals surface area contributed by atoms with Gasteiger partial charge in [-0.3, -0.25) is 0 Å². The van der Waals surface area contributed by atoms with Crippen LogP contribution in [0.25, 0.3) is 0 Å². The van der Waals surface area contributed by atoms with E-state index in [4.69, 9.17) is 12.2 Å². The highest BCUT2D eigenvalue weighted by molar-refractivity contribution is 7.80. The molecule has 0 saturated carbocycles. The van der Waals surface area contributed by atoms with Gasteiger partial charge in [-0.1, -0.05) is 32.4 Å². The molecule has 0 aliphatic carbocycles. The molecule has 4 heteroatoms. The summed E-state index contributed by atoms with van der Waals surface area (Å²) in [5.74, 6) is 0.561. The van der Waals surface area contributed by atoms with Gasteiger partial charge >= 0.3 is 0 Å². The quantitative estimate of drug-likeness (QED) is 0.597. The van der Waals surface area contributed by atoms with Gasteiger partial charge in [-0.25, -0.2) is 0 Å². The predicted molar refractivity (Wildman–Crippen MR) is 104 cm³/mol. The highest BCUT2D eigenvalue weighted by atomic mass is 32.1. The second kappa shape index (κ2) is 9.24. The van der Waals surface area contributed by atoms with Crippen LogP contribution in [-0.2, 0) is 0 Å². The topological polar surface area (TPSA) is 27.3 Å². The Labute approximate surface area is 146 Å². The standard InChI is InChI=1S/C19H31N3S/c1-15(2)17-8-10-18(11-9-17)21-19(23)20-12-6-14-22-13-5-4-7-16(22)3/h8-11,15-16H,4-7,12-14H2,1-3H3,(H2,20,21,23)/t16-/m1/s1. The van der Waals surface area contributed by atoms with Crippen molar-refractivity contribution in [1.82, 2.24) is 10.2 Å². The number of nitrogens with zero attached hydrogens (tertiary/aromatic N) is 1. The molecule has 1 heterocycles. The lowest BCUT2D eigenvalue weighted by atomic mass is 10.0. The van der Waals surface area contributed by atoms with Crippen molar-refractivity contribution < 1.29 is 0 Å². The van der Waals surface area contributed by atoms with Gasteiger partial charge in [-0.15, -0.1) is 0 Å². The summed E-state index contributed by atoms with van der Waals surface area (Å²) in [4.78, 5) is 2.60. The molecule has 1 aromatic rings. The minimum absolute atomic E-state index is 0.561. The maximum absolute atomic E-state index is 5.38. The molecule has 0 spiro atoms. The first-order valence-corrected chi connectivity index (χ1v) is 9.36. The van der Waals surface area contributed by atoms with Crippen LogP contribution in [-0.4, -0.2) is 35.7 Å². The number of hydrogen-bond donors (Lipinski definition) is 2. The van der Waals surface area contributed by atoms with Crippen LogP contribution in [0.2, 0.25) is 0 Å². The summed E-state index contributed by atoms with van der Waals surface area (Å²) >= 11 is 5.38. The highest BCUT2D eigenvalue weighted by Crippen LogP contribution is 2.17. The normalized spacial score (nSPS) is 18.9. The first kappa shape index (κ1) is 18.2. The second-order valence-electron chi connectivity index (χ2n) is 6.89. The van der Waals surface area contributed by atoms with Crippen molar-refractivity contribution in [2.24, 2.45) is 0 Å². The van der Waals surface area contributed by atoms with Crippen molar-refractivity contribution in [3.05, 3.63) is 29.8 Å². The molecule has 1 aliphatic rings. The van der Waals surface area contributed by atoms with Gasteiger partial charge in [0.25, 0.3) is 0 Å². The molecule has 0 radical (unpaired) electrons. The number of rotatable bonds is 6. The Morgan fingerprint density at radius 2 is 2.00 bits per heavy atom. The molecule has 0 amide bonds. The maximum Gasteiger partial charge on any atom is 0.170 e. The highest BCUT2D eigenvalue weighted by Gasteiger charge is 2.16. The number of anilines is 1. The summed E-state index contributed by atoms with van der Waals surface area (Å²) in [6.45, 7) is 10.1. The molecule has 1 fully saturated rings. The molecule has 3 nitrogen and oxygen atoms in total. The molecule has 1 saturated heterocycles. The molecule has 128 valence electrons. The van der Waals surface area contributed by atoms with E-state index in [0.29, 0.717) is 11.0 Å². The van der Waals surface area contributed by atoms with E-state index in [1.54, 1.807) is 0 Å². The molecule has 1 aliphatic heterocycles. The molecule has 2 N–H and O–H groups in total. The Hall–Kier alpha value is -1.13. The summed E-state index contributed by atoms with van der Waals surface area (Å²) in [5.41, 5.74) is 2.40. The molecule has 1 atom stereocenters. The second-order valence-corrected chi connectivity index (χ2v) is 7.30. The Morgan fingerprint density at radius 3 is 2.65 bits per heavy atom. The fourth-order valence-electron chi connectivity index (χ4n) is 3.10. The van der Waals surface area contributed by atoms with Crippen molar-refractivity contribution in [2.75, 3.05) is 25.0 Å². The smallest absolute Gasteiger partial charge is 0.170 e. The largest absolute Gasteiger partial charge is 0.362 e. The Kier molecular flexibility index (Phi) is 7.31. The lowest BCUT2D eigenvalue weighted by Gasteiger charge is -2.33.